The Morgan fingerprint density at radius 1 is 0.527 bits per heavy atom. The summed E-state index contributed by atoms with van der Waals surface area (Å²) in [6.45, 7) is 3.76. The number of hydrogen-bond acceptors (Lipinski definition) is 14. The maximum atomic E-state index is 12.6. The van der Waals surface area contributed by atoms with Gasteiger partial charge in [-0.05, 0) is 62.4 Å². The fourth-order valence-corrected chi connectivity index (χ4v) is 4.57. The summed E-state index contributed by atoms with van der Waals surface area (Å²) in [6, 6.07) is 30.2. The first-order valence-corrected chi connectivity index (χ1v) is 17.7. The van der Waals surface area contributed by atoms with E-state index in [-0.39, 0.29) is 27.6 Å². The van der Waals surface area contributed by atoms with Gasteiger partial charge in [-0.15, -0.1) is 20.5 Å². The van der Waals surface area contributed by atoms with Crippen molar-refractivity contribution in [3.8, 4) is 11.4 Å². The minimum absolute atomic E-state index is 0. The van der Waals surface area contributed by atoms with Gasteiger partial charge in [-0.3, -0.25) is 28.9 Å². The predicted molar refractivity (Wildman–Crippen MR) is 174 cm³/mol. The summed E-state index contributed by atoms with van der Waals surface area (Å²) in [5, 5.41) is 0. The molecular weight excluding hydrogens is 810 g/mol. The summed E-state index contributed by atoms with van der Waals surface area (Å²) in [5.74, 6) is 0. The molecule has 6 aromatic rings. The Morgan fingerprint density at radius 2 is 0.818 bits per heavy atom. The molecule has 0 N–H and O–H groups in total. The Balaban J connectivity index is 0.000000301. The van der Waals surface area contributed by atoms with E-state index in [1.807, 2.05) is 134 Å². The first kappa shape index (κ1) is 46.0. The largest absolute Gasteiger partial charge is 2.00 e. The number of aromatic nitrogens is 6. The van der Waals surface area contributed by atoms with Crippen molar-refractivity contribution in [3.63, 3.8) is 0 Å². The van der Waals surface area contributed by atoms with Crippen molar-refractivity contribution < 1.29 is 74.2 Å². The van der Waals surface area contributed by atoms with E-state index in [9.17, 15) is 9.59 Å². The molecule has 0 radical (unpaired) electrons. The van der Waals surface area contributed by atoms with Gasteiger partial charge in [0, 0.05) is 26.5 Å². The van der Waals surface area contributed by atoms with Crippen LogP contribution in [0.2, 0.25) is 0 Å². The topological polar surface area (TPSA) is 289 Å². The molecule has 0 bridgehead atoms. The van der Waals surface area contributed by atoms with Crippen LogP contribution >= 0.6 is 0 Å². The quantitative estimate of drug-likeness (QED) is 0.114. The number of hydrogen-bond donors (Lipinski definition) is 0. The normalized spacial score (nSPS) is 11.1. The van der Waals surface area contributed by atoms with E-state index in [1.165, 1.54) is 0 Å². The molecule has 0 fully saturated rings. The molecule has 0 atom stereocenters. The molecule has 0 aliphatic rings. The van der Waals surface area contributed by atoms with Crippen LogP contribution in [0.3, 0.4) is 0 Å². The van der Waals surface area contributed by atoms with E-state index in [4.69, 9.17) is 37.3 Å². The SMILES string of the molecule is Cc1c(N=Cc2ccccn2)c(=O)n(-c2ccccc2)n1C.Cc1c(N=Cc2ccccn2)c(=O)n(-c2ccccc2)n1C.[Ni+2].[O-][Cl+3]([O-])([O-])[O-].[O-][Cl+3]([O-])([O-])[O-]. The minimum Gasteiger partial charge on any atom is -0.283 e. The Labute approximate surface area is 327 Å². The van der Waals surface area contributed by atoms with E-state index in [1.54, 1.807) is 34.2 Å². The number of para-hydroxylation sites is 2. The summed E-state index contributed by atoms with van der Waals surface area (Å²) in [4.78, 5) is 42.3. The van der Waals surface area contributed by atoms with Gasteiger partial charge < -0.3 is 0 Å². The Morgan fingerprint density at radius 3 is 1.09 bits per heavy atom. The molecular formula is C34H32Cl2N8NiO10. The molecule has 55 heavy (non-hydrogen) atoms. The van der Waals surface area contributed by atoms with Crippen molar-refractivity contribution in [1.82, 2.24) is 28.7 Å². The van der Waals surface area contributed by atoms with Gasteiger partial charge in [0.2, 0.25) is 0 Å². The van der Waals surface area contributed by atoms with E-state index < -0.39 is 20.5 Å². The molecule has 18 nitrogen and oxygen atoms in total. The van der Waals surface area contributed by atoms with Gasteiger partial charge >= 0.3 is 16.5 Å². The summed E-state index contributed by atoms with van der Waals surface area (Å²) in [7, 11) is -6.19. The van der Waals surface area contributed by atoms with Crippen molar-refractivity contribution >= 4 is 23.8 Å². The van der Waals surface area contributed by atoms with Gasteiger partial charge in [0.1, 0.15) is 0 Å². The van der Waals surface area contributed by atoms with Crippen molar-refractivity contribution in [1.29, 1.82) is 0 Å². The van der Waals surface area contributed by atoms with Gasteiger partial charge in [0.25, 0.3) is 11.1 Å². The van der Waals surface area contributed by atoms with Crippen LogP contribution in [-0.4, -0.2) is 41.1 Å². The number of aliphatic imine (C=N–C) groups is 2. The molecule has 292 valence electrons. The monoisotopic (exact) mass is 840 g/mol. The van der Waals surface area contributed by atoms with Crippen LogP contribution in [0.1, 0.15) is 22.8 Å². The molecule has 0 saturated carbocycles. The van der Waals surface area contributed by atoms with E-state index in [2.05, 4.69) is 20.0 Å². The summed E-state index contributed by atoms with van der Waals surface area (Å²) in [5.41, 5.74) is 5.26. The Hall–Kier alpha value is -5.15. The second-order valence-corrected chi connectivity index (χ2v) is 12.1. The zero-order chi connectivity index (χ0) is 40.1. The van der Waals surface area contributed by atoms with E-state index >= 15 is 0 Å². The second kappa shape index (κ2) is 21.1. The first-order chi connectivity index (χ1) is 25.4. The van der Waals surface area contributed by atoms with Gasteiger partial charge in [-0.2, -0.15) is 0 Å². The third-order valence-electron chi connectivity index (χ3n) is 7.08. The first-order valence-electron chi connectivity index (χ1n) is 15.2. The van der Waals surface area contributed by atoms with Gasteiger partial charge in [0.05, 0.1) is 46.6 Å². The predicted octanol–water partition coefficient (Wildman–Crippen LogP) is -4.25. The fourth-order valence-electron chi connectivity index (χ4n) is 4.57. The third-order valence-corrected chi connectivity index (χ3v) is 7.08. The molecule has 0 saturated heterocycles. The van der Waals surface area contributed by atoms with Crippen molar-refractivity contribution in [2.45, 2.75) is 13.8 Å². The van der Waals surface area contributed by atoms with Gasteiger partial charge in [0.15, 0.2) is 11.4 Å². The molecule has 0 amide bonds. The molecule has 0 unspecified atom stereocenters. The Bertz CT molecular complexity index is 2080. The standard InChI is InChI=1S/2C17H16N4O.2ClHO4.Ni/c2*1-13-16(19-12-14-8-6-7-11-18-14)17(22)21(20(13)2)15-9-4-3-5-10-15;2*2-1(3,4)5;/h2*3-12H,1-2H3;2*(H,2,3,4,5);/q;;;;+2/p-2. The molecule has 0 spiro atoms. The van der Waals surface area contributed by atoms with E-state index in [0.717, 1.165) is 34.2 Å². The van der Waals surface area contributed by atoms with Crippen LogP contribution in [0.25, 0.3) is 11.4 Å². The molecule has 21 heteroatoms. The summed E-state index contributed by atoms with van der Waals surface area (Å²) in [6.07, 6.45) is 6.61. The number of nitrogens with zero attached hydrogens (tertiary/aromatic N) is 8. The van der Waals surface area contributed by atoms with E-state index in [0.29, 0.717) is 11.4 Å². The van der Waals surface area contributed by atoms with Crippen LogP contribution in [-0.2, 0) is 30.6 Å². The second-order valence-electron chi connectivity index (χ2n) is 10.6. The molecule has 0 aliphatic heterocycles. The fraction of sp³-hybridized carbons (Fsp3) is 0.118. The zero-order valence-corrected chi connectivity index (χ0v) is 31.8. The number of rotatable bonds is 6. The van der Waals surface area contributed by atoms with Gasteiger partial charge in [-0.25, -0.2) is 56.6 Å². The van der Waals surface area contributed by atoms with Crippen LogP contribution in [0.4, 0.5) is 11.4 Å². The van der Waals surface area contributed by atoms with Crippen molar-refractivity contribution in [2.75, 3.05) is 0 Å². The number of pyridine rings is 2. The number of halogens is 2. The van der Waals surface area contributed by atoms with Crippen LogP contribution in [0.5, 0.6) is 0 Å². The molecule has 0 aliphatic carbocycles. The maximum absolute atomic E-state index is 12.6. The summed E-state index contributed by atoms with van der Waals surface area (Å²) < 4.78 is 74.8. The third kappa shape index (κ3) is 14.9. The van der Waals surface area contributed by atoms with Crippen LogP contribution in [0, 0.1) is 34.3 Å². The van der Waals surface area contributed by atoms with Crippen molar-refractivity contribution in [3.05, 3.63) is 153 Å². The minimum atomic E-state index is -4.94. The van der Waals surface area contributed by atoms with Gasteiger partial charge in [-0.1, -0.05) is 48.5 Å². The molecule has 4 aromatic heterocycles. The smallest absolute Gasteiger partial charge is 0.283 e. The maximum Gasteiger partial charge on any atom is 2.00 e. The summed E-state index contributed by atoms with van der Waals surface area (Å²) >= 11 is 0. The molecule has 4 heterocycles. The zero-order valence-electron chi connectivity index (χ0n) is 29.3. The number of benzene rings is 2. The average molecular weight is 842 g/mol. The Kier molecular flexibility index (Phi) is 17.6. The average Bonchev–Trinajstić information content (AvgIpc) is 3.47. The van der Waals surface area contributed by atoms with Crippen molar-refractivity contribution in [2.24, 2.45) is 24.1 Å². The van der Waals surface area contributed by atoms with Crippen LogP contribution in [0.15, 0.2) is 129 Å². The van der Waals surface area contributed by atoms with Crippen LogP contribution < -0.4 is 48.4 Å². The molecule has 2 aromatic carbocycles. The molecule has 6 rings (SSSR count).